The molecule has 2 aromatic rings. The van der Waals surface area contributed by atoms with Gasteiger partial charge >= 0.3 is 11.7 Å². The van der Waals surface area contributed by atoms with Crippen molar-refractivity contribution in [3.05, 3.63) is 22.2 Å². The van der Waals surface area contributed by atoms with Crippen molar-refractivity contribution in [2.75, 3.05) is 12.4 Å². The standard InChI is InChI=1S/C10H13N5O3/c1-3-6-4-7-13-14(5-8(16)17)10(18)15(7)9(11-2)12-6/h4H,3,5H2,1-2H3,(H,11,12)(H,16,17). The SMILES string of the molecule is CCc1cc2nn(CC(=O)O)c(=O)n2c(NC)n1. The van der Waals surface area contributed by atoms with Crippen LogP contribution in [0.15, 0.2) is 10.9 Å². The molecule has 2 heterocycles. The van der Waals surface area contributed by atoms with E-state index in [2.05, 4.69) is 15.4 Å². The molecule has 0 atom stereocenters. The number of fused-ring (bicyclic) bond motifs is 1. The minimum Gasteiger partial charge on any atom is -0.480 e. The predicted molar refractivity (Wildman–Crippen MR) is 63.8 cm³/mol. The molecule has 0 fully saturated rings. The van der Waals surface area contributed by atoms with E-state index in [1.165, 1.54) is 4.40 Å². The Morgan fingerprint density at radius 2 is 2.28 bits per heavy atom. The topological polar surface area (TPSA) is 102 Å². The van der Waals surface area contributed by atoms with Crippen molar-refractivity contribution < 1.29 is 9.90 Å². The zero-order chi connectivity index (χ0) is 13.3. The van der Waals surface area contributed by atoms with Crippen LogP contribution in [-0.4, -0.2) is 37.3 Å². The third-order valence-corrected chi connectivity index (χ3v) is 2.49. The van der Waals surface area contributed by atoms with E-state index < -0.39 is 18.2 Å². The van der Waals surface area contributed by atoms with Gasteiger partial charge in [-0.3, -0.25) is 4.79 Å². The summed E-state index contributed by atoms with van der Waals surface area (Å²) in [5, 5.41) is 15.5. The number of nitrogens with one attached hydrogen (secondary N) is 1. The summed E-state index contributed by atoms with van der Waals surface area (Å²) in [6, 6.07) is 1.67. The maximum absolute atomic E-state index is 12.0. The fraction of sp³-hybridized carbons (Fsp3) is 0.400. The van der Waals surface area contributed by atoms with Crippen LogP contribution in [0, 0.1) is 0 Å². The lowest BCUT2D eigenvalue weighted by atomic mass is 10.3. The molecule has 0 aliphatic rings. The average Bonchev–Trinajstić information content (AvgIpc) is 2.64. The Morgan fingerprint density at radius 1 is 1.56 bits per heavy atom. The molecule has 2 aromatic heterocycles. The van der Waals surface area contributed by atoms with Crippen molar-refractivity contribution in [2.45, 2.75) is 19.9 Å². The molecule has 0 radical (unpaired) electrons. The highest BCUT2D eigenvalue weighted by Gasteiger charge is 2.14. The van der Waals surface area contributed by atoms with E-state index in [4.69, 9.17) is 5.11 Å². The van der Waals surface area contributed by atoms with E-state index in [0.717, 1.165) is 10.4 Å². The first kappa shape index (κ1) is 12.1. The van der Waals surface area contributed by atoms with Crippen LogP contribution >= 0.6 is 0 Å². The van der Waals surface area contributed by atoms with Crippen LogP contribution in [0.1, 0.15) is 12.6 Å². The summed E-state index contributed by atoms with van der Waals surface area (Å²) in [4.78, 5) is 26.8. The number of aromatic nitrogens is 4. The predicted octanol–water partition coefficient (Wildman–Crippen LogP) is -0.420. The van der Waals surface area contributed by atoms with Gasteiger partial charge in [-0.05, 0) is 6.42 Å². The molecule has 0 aromatic carbocycles. The number of rotatable bonds is 4. The lowest BCUT2D eigenvalue weighted by Crippen LogP contribution is -2.26. The average molecular weight is 251 g/mol. The zero-order valence-electron chi connectivity index (χ0n) is 10.0. The summed E-state index contributed by atoms with van der Waals surface area (Å²) in [5.74, 6) is -0.763. The quantitative estimate of drug-likeness (QED) is 0.765. The van der Waals surface area contributed by atoms with Gasteiger partial charge in [0, 0.05) is 18.8 Å². The summed E-state index contributed by atoms with van der Waals surface area (Å²) < 4.78 is 2.15. The second kappa shape index (κ2) is 4.47. The number of aryl methyl sites for hydroxylation is 1. The normalized spacial score (nSPS) is 10.8. The van der Waals surface area contributed by atoms with Crippen LogP contribution in [0.2, 0.25) is 0 Å². The molecule has 96 valence electrons. The van der Waals surface area contributed by atoms with Crippen LogP contribution in [0.3, 0.4) is 0 Å². The molecule has 2 rings (SSSR count). The summed E-state index contributed by atoms with van der Waals surface area (Å²) in [6.07, 6.45) is 0.700. The molecule has 0 aliphatic heterocycles. The summed E-state index contributed by atoms with van der Waals surface area (Å²) in [5.41, 5.74) is 0.642. The van der Waals surface area contributed by atoms with Crippen LogP contribution in [0.25, 0.3) is 5.65 Å². The minimum atomic E-state index is -1.12. The first-order valence-corrected chi connectivity index (χ1v) is 5.45. The van der Waals surface area contributed by atoms with Crippen LogP contribution in [0.5, 0.6) is 0 Å². The first-order chi connectivity index (χ1) is 8.56. The van der Waals surface area contributed by atoms with Crippen molar-refractivity contribution in [1.82, 2.24) is 19.2 Å². The Labute approximate surface area is 102 Å². The molecule has 8 heteroatoms. The van der Waals surface area contributed by atoms with Gasteiger partial charge in [-0.1, -0.05) is 6.92 Å². The van der Waals surface area contributed by atoms with E-state index in [-0.39, 0.29) is 0 Å². The van der Waals surface area contributed by atoms with Gasteiger partial charge < -0.3 is 10.4 Å². The summed E-state index contributed by atoms with van der Waals surface area (Å²) >= 11 is 0. The van der Waals surface area contributed by atoms with Crippen LogP contribution < -0.4 is 11.0 Å². The Bertz CT molecular complexity index is 657. The monoisotopic (exact) mass is 251 g/mol. The molecular formula is C10H13N5O3. The Morgan fingerprint density at radius 3 is 2.83 bits per heavy atom. The molecule has 0 saturated carbocycles. The van der Waals surface area contributed by atoms with E-state index in [1.54, 1.807) is 13.1 Å². The van der Waals surface area contributed by atoms with Gasteiger partial charge in [-0.2, -0.15) is 0 Å². The molecule has 0 bridgehead atoms. The molecular weight excluding hydrogens is 238 g/mol. The number of carboxylic acid groups (broad SMARTS) is 1. The number of hydrogen-bond acceptors (Lipinski definition) is 5. The number of anilines is 1. The minimum absolute atomic E-state index is 0.353. The van der Waals surface area contributed by atoms with Crippen LogP contribution in [-0.2, 0) is 17.8 Å². The molecule has 8 nitrogen and oxygen atoms in total. The maximum Gasteiger partial charge on any atom is 0.353 e. The Hall–Kier alpha value is -2.38. The van der Waals surface area contributed by atoms with Crippen molar-refractivity contribution in [1.29, 1.82) is 0 Å². The highest BCUT2D eigenvalue weighted by atomic mass is 16.4. The van der Waals surface area contributed by atoms with E-state index in [9.17, 15) is 9.59 Å². The lowest BCUT2D eigenvalue weighted by Gasteiger charge is -2.03. The van der Waals surface area contributed by atoms with Gasteiger partial charge in [0.2, 0.25) is 5.95 Å². The third kappa shape index (κ3) is 1.92. The largest absolute Gasteiger partial charge is 0.480 e. The smallest absolute Gasteiger partial charge is 0.353 e. The summed E-state index contributed by atoms with van der Waals surface area (Å²) in [7, 11) is 1.64. The second-order valence-corrected chi connectivity index (χ2v) is 3.70. The van der Waals surface area contributed by atoms with Gasteiger partial charge in [-0.15, -0.1) is 5.10 Å². The van der Waals surface area contributed by atoms with Crippen molar-refractivity contribution in [3.63, 3.8) is 0 Å². The Balaban J connectivity index is 2.70. The van der Waals surface area contributed by atoms with Crippen molar-refractivity contribution in [3.8, 4) is 0 Å². The fourth-order valence-electron chi connectivity index (χ4n) is 1.66. The molecule has 0 aliphatic carbocycles. The van der Waals surface area contributed by atoms with E-state index in [1.807, 2.05) is 6.92 Å². The van der Waals surface area contributed by atoms with Crippen molar-refractivity contribution in [2.24, 2.45) is 0 Å². The molecule has 0 amide bonds. The number of hydrogen-bond donors (Lipinski definition) is 2. The van der Waals surface area contributed by atoms with Crippen LogP contribution in [0.4, 0.5) is 5.95 Å². The fourth-order valence-corrected chi connectivity index (χ4v) is 1.66. The van der Waals surface area contributed by atoms with Crippen molar-refractivity contribution >= 4 is 17.6 Å². The number of aliphatic carboxylic acids is 1. The Kier molecular flexibility index (Phi) is 3.00. The number of carboxylic acids is 1. The van der Waals surface area contributed by atoms with Gasteiger partial charge in [0.1, 0.15) is 6.54 Å². The molecule has 2 N–H and O–H groups in total. The number of carbonyl (C=O) groups is 1. The maximum atomic E-state index is 12.0. The second-order valence-electron chi connectivity index (χ2n) is 3.70. The zero-order valence-corrected chi connectivity index (χ0v) is 10.0. The van der Waals surface area contributed by atoms with Gasteiger partial charge in [0.25, 0.3) is 0 Å². The molecule has 0 unspecified atom stereocenters. The summed E-state index contributed by atoms with van der Waals surface area (Å²) in [6.45, 7) is 1.47. The number of nitrogens with zero attached hydrogens (tertiary/aromatic N) is 4. The third-order valence-electron chi connectivity index (χ3n) is 2.49. The van der Waals surface area contributed by atoms with E-state index >= 15 is 0 Å². The highest BCUT2D eigenvalue weighted by molar-refractivity contribution is 5.66. The van der Waals surface area contributed by atoms with Gasteiger partial charge in [0.05, 0.1) is 0 Å². The lowest BCUT2D eigenvalue weighted by molar-refractivity contribution is -0.137. The van der Waals surface area contributed by atoms with Gasteiger partial charge in [-0.25, -0.2) is 18.9 Å². The highest BCUT2D eigenvalue weighted by Crippen LogP contribution is 2.08. The van der Waals surface area contributed by atoms with E-state index in [0.29, 0.717) is 18.0 Å². The molecule has 0 spiro atoms. The molecule has 18 heavy (non-hydrogen) atoms. The first-order valence-electron chi connectivity index (χ1n) is 5.45. The molecule has 0 saturated heterocycles. The van der Waals surface area contributed by atoms with Gasteiger partial charge in [0.15, 0.2) is 5.65 Å².